The van der Waals surface area contributed by atoms with Crippen molar-refractivity contribution in [3.8, 4) is 6.07 Å². The van der Waals surface area contributed by atoms with Crippen LogP contribution >= 0.6 is 0 Å². The zero-order valence-corrected chi connectivity index (χ0v) is 9.87. The Morgan fingerprint density at radius 2 is 2.27 bits per heavy atom. The molecule has 15 heavy (non-hydrogen) atoms. The maximum Gasteiger partial charge on any atom is 0.0683 e. The molecule has 3 nitrogen and oxygen atoms in total. The first-order valence-corrected chi connectivity index (χ1v) is 5.85. The summed E-state index contributed by atoms with van der Waals surface area (Å²) in [6, 6.07) is 2.69. The van der Waals surface area contributed by atoms with Crippen molar-refractivity contribution in [3.05, 3.63) is 0 Å². The normalized spacial score (nSPS) is 22.9. The average Bonchev–Trinajstić information content (AvgIpc) is 2.65. The Labute approximate surface area is 92.7 Å². The van der Waals surface area contributed by atoms with E-state index in [0.717, 1.165) is 32.4 Å². The molecule has 1 heterocycles. The smallest absolute Gasteiger partial charge is 0.0683 e. The highest BCUT2D eigenvalue weighted by Crippen LogP contribution is 2.23. The van der Waals surface area contributed by atoms with Crippen LogP contribution in [0.1, 0.15) is 39.5 Å². The van der Waals surface area contributed by atoms with E-state index >= 15 is 0 Å². The van der Waals surface area contributed by atoms with E-state index in [-0.39, 0.29) is 12.0 Å². The Bertz CT molecular complexity index is 232. The summed E-state index contributed by atoms with van der Waals surface area (Å²) in [6.07, 6.45) is 4.32. The summed E-state index contributed by atoms with van der Waals surface area (Å²) in [5, 5.41) is 18.0. The summed E-state index contributed by atoms with van der Waals surface area (Å²) in [5.74, 6) is 0. The molecule has 0 aliphatic carbocycles. The predicted molar refractivity (Wildman–Crippen MR) is 60.3 cm³/mol. The van der Waals surface area contributed by atoms with Gasteiger partial charge in [0, 0.05) is 6.04 Å². The molecule has 0 aromatic rings. The lowest BCUT2D eigenvalue weighted by Gasteiger charge is -2.24. The van der Waals surface area contributed by atoms with Crippen LogP contribution in [0, 0.1) is 16.7 Å². The Morgan fingerprint density at radius 1 is 1.53 bits per heavy atom. The summed E-state index contributed by atoms with van der Waals surface area (Å²) in [5.41, 5.74) is -0.200. The van der Waals surface area contributed by atoms with Gasteiger partial charge in [-0.1, -0.05) is 0 Å². The quantitative estimate of drug-likeness (QED) is 0.752. The van der Waals surface area contributed by atoms with Crippen LogP contribution in [0.2, 0.25) is 0 Å². The summed E-state index contributed by atoms with van der Waals surface area (Å²) >= 11 is 0. The zero-order chi connectivity index (χ0) is 11.3. The van der Waals surface area contributed by atoms with Crippen LogP contribution in [-0.2, 0) is 0 Å². The zero-order valence-electron chi connectivity index (χ0n) is 9.87. The van der Waals surface area contributed by atoms with Gasteiger partial charge in [-0.05, 0) is 52.6 Å². The molecule has 0 saturated carbocycles. The highest BCUT2D eigenvalue weighted by molar-refractivity contribution is 4.91. The number of rotatable bonds is 5. The van der Waals surface area contributed by atoms with Gasteiger partial charge in [0.25, 0.3) is 0 Å². The Hall–Kier alpha value is -0.590. The highest BCUT2D eigenvalue weighted by Gasteiger charge is 2.24. The van der Waals surface area contributed by atoms with Crippen LogP contribution in [0.5, 0.6) is 0 Å². The van der Waals surface area contributed by atoms with Gasteiger partial charge in [-0.15, -0.1) is 0 Å². The first-order valence-electron chi connectivity index (χ1n) is 5.85. The monoisotopic (exact) mass is 210 g/mol. The molecule has 0 radical (unpaired) electrons. The van der Waals surface area contributed by atoms with Crippen molar-refractivity contribution in [2.75, 3.05) is 19.7 Å². The predicted octanol–water partition coefficient (Wildman–Crippen LogP) is 1.77. The third-order valence-corrected chi connectivity index (χ3v) is 3.26. The van der Waals surface area contributed by atoms with Crippen molar-refractivity contribution in [1.82, 2.24) is 4.90 Å². The number of aliphatic hydroxyl groups excluding tert-OH is 1. The molecule has 1 fully saturated rings. The van der Waals surface area contributed by atoms with Gasteiger partial charge in [0.15, 0.2) is 0 Å². The number of likely N-dealkylation sites (tertiary alicyclic amines) is 1. The topological polar surface area (TPSA) is 47.3 Å². The molecular formula is C12H22N2O. The van der Waals surface area contributed by atoms with Crippen molar-refractivity contribution in [3.63, 3.8) is 0 Å². The van der Waals surface area contributed by atoms with E-state index in [1.807, 2.05) is 13.8 Å². The van der Waals surface area contributed by atoms with E-state index in [4.69, 9.17) is 10.4 Å². The molecule has 0 bridgehead atoms. The fourth-order valence-electron chi connectivity index (χ4n) is 2.18. The second-order valence-electron chi connectivity index (χ2n) is 5.11. The Morgan fingerprint density at radius 3 is 2.87 bits per heavy atom. The van der Waals surface area contributed by atoms with Gasteiger partial charge in [-0.2, -0.15) is 5.26 Å². The fourth-order valence-corrected chi connectivity index (χ4v) is 2.18. The minimum atomic E-state index is -0.200. The second kappa shape index (κ2) is 5.48. The summed E-state index contributed by atoms with van der Waals surface area (Å²) < 4.78 is 0. The minimum Gasteiger partial charge on any atom is -0.395 e. The number of hydrogen-bond acceptors (Lipinski definition) is 3. The highest BCUT2D eigenvalue weighted by atomic mass is 16.3. The van der Waals surface area contributed by atoms with Crippen molar-refractivity contribution in [1.29, 1.82) is 5.26 Å². The van der Waals surface area contributed by atoms with Crippen LogP contribution in [0.25, 0.3) is 0 Å². The summed E-state index contributed by atoms with van der Waals surface area (Å²) in [6.45, 7) is 6.39. The van der Waals surface area contributed by atoms with E-state index in [1.165, 1.54) is 6.42 Å². The van der Waals surface area contributed by atoms with Gasteiger partial charge >= 0.3 is 0 Å². The van der Waals surface area contributed by atoms with E-state index in [1.54, 1.807) is 0 Å². The van der Waals surface area contributed by atoms with Gasteiger partial charge in [0.1, 0.15) is 0 Å². The molecule has 1 rings (SSSR count). The molecule has 1 saturated heterocycles. The first-order chi connectivity index (χ1) is 7.09. The lowest BCUT2D eigenvalue weighted by Crippen LogP contribution is -2.33. The summed E-state index contributed by atoms with van der Waals surface area (Å²) in [4.78, 5) is 2.35. The van der Waals surface area contributed by atoms with Crippen molar-refractivity contribution in [2.24, 2.45) is 5.41 Å². The molecule has 3 heteroatoms. The van der Waals surface area contributed by atoms with Crippen LogP contribution in [-0.4, -0.2) is 35.7 Å². The van der Waals surface area contributed by atoms with Gasteiger partial charge in [0.2, 0.25) is 0 Å². The molecule has 0 aromatic carbocycles. The van der Waals surface area contributed by atoms with E-state index in [0.29, 0.717) is 6.04 Å². The van der Waals surface area contributed by atoms with Crippen molar-refractivity contribution < 1.29 is 5.11 Å². The second-order valence-corrected chi connectivity index (χ2v) is 5.11. The molecule has 1 aliphatic rings. The SMILES string of the molecule is CC(C)(C#N)CCCN1CCCC1CO. The maximum atomic E-state index is 9.15. The van der Waals surface area contributed by atoms with Gasteiger partial charge in [-0.25, -0.2) is 0 Å². The minimum absolute atomic E-state index is 0.200. The van der Waals surface area contributed by atoms with Crippen LogP contribution in [0.3, 0.4) is 0 Å². The lowest BCUT2D eigenvalue weighted by molar-refractivity contribution is 0.154. The standard InChI is InChI=1S/C12H22N2O/c1-12(2,10-13)6-4-8-14-7-3-5-11(14)9-15/h11,15H,3-9H2,1-2H3. The third kappa shape index (κ3) is 3.81. The van der Waals surface area contributed by atoms with Crippen LogP contribution in [0.15, 0.2) is 0 Å². The average molecular weight is 210 g/mol. The third-order valence-electron chi connectivity index (χ3n) is 3.26. The molecule has 0 amide bonds. The van der Waals surface area contributed by atoms with Crippen molar-refractivity contribution in [2.45, 2.75) is 45.6 Å². The van der Waals surface area contributed by atoms with Gasteiger partial charge in [0.05, 0.1) is 18.1 Å². The molecule has 1 atom stereocenters. The van der Waals surface area contributed by atoms with E-state index < -0.39 is 0 Å². The number of hydrogen-bond donors (Lipinski definition) is 1. The number of aliphatic hydroxyl groups is 1. The first kappa shape index (κ1) is 12.5. The molecule has 1 unspecified atom stereocenters. The number of nitrogens with zero attached hydrogens (tertiary/aromatic N) is 2. The molecule has 0 spiro atoms. The van der Waals surface area contributed by atoms with E-state index in [9.17, 15) is 0 Å². The van der Waals surface area contributed by atoms with Crippen molar-refractivity contribution >= 4 is 0 Å². The summed E-state index contributed by atoms with van der Waals surface area (Å²) in [7, 11) is 0. The van der Waals surface area contributed by atoms with Gasteiger partial charge in [-0.3, -0.25) is 4.90 Å². The van der Waals surface area contributed by atoms with Gasteiger partial charge < -0.3 is 5.11 Å². The molecule has 1 N–H and O–H groups in total. The molecular weight excluding hydrogens is 188 g/mol. The molecule has 0 aromatic heterocycles. The van der Waals surface area contributed by atoms with Crippen LogP contribution in [0.4, 0.5) is 0 Å². The lowest BCUT2D eigenvalue weighted by atomic mass is 9.90. The Kier molecular flexibility index (Phi) is 4.56. The Balaban J connectivity index is 2.23. The molecule has 1 aliphatic heterocycles. The fraction of sp³-hybridized carbons (Fsp3) is 0.917. The molecule has 86 valence electrons. The van der Waals surface area contributed by atoms with Crippen LogP contribution < -0.4 is 0 Å². The maximum absolute atomic E-state index is 9.15. The number of nitriles is 1. The largest absolute Gasteiger partial charge is 0.395 e. The van der Waals surface area contributed by atoms with E-state index in [2.05, 4.69) is 11.0 Å².